The summed E-state index contributed by atoms with van der Waals surface area (Å²) < 4.78 is 3.91. The largest absolute Gasteiger partial charge is 0.345 e. The third kappa shape index (κ3) is 3.91. The minimum atomic E-state index is -0.452. The summed E-state index contributed by atoms with van der Waals surface area (Å²) in [5.74, 6) is -0.898. The molecule has 0 bridgehead atoms. The molecule has 4 amide bonds. The standard InChI is InChI=1S/C29H27ClN6O3/c30-19-14-18-7-11-34(29(39)33-8-3-1-4-9-33)12-13-35-17-21(20(15-19)26(18)35)24-25(28(38)32-27(24)37)22-16-31-23-6-2-5-10-36(22)23/h2,5-6,10,14-17H,1,3-4,7-9,11-13H2,(H,32,37,38). The van der Waals surface area contributed by atoms with Gasteiger partial charge in [-0.15, -0.1) is 0 Å². The van der Waals surface area contributed by atoms with E-state index in [1.807, 2.05) is 56.9 Å². The maximum atomic E-state index is 13.3. The Bertz CT molecular complexity index is 1710. The molecule has 9 nitrogen and oxygen atoms in total. The van der Waals surface area contributed by atoms with Crippen molar-refractivity contribution >= 4 is 57.1 Å². The van der Waals surface area contributed by atoms with E-state index in [9.17, 15) is 14.4 Å². The first-order valence-corrected chi connectivity index (χ1v) is 13.8. The SMILES string of the molecule is O=C1NC(=O)C(c2cnc3ccccn23)=C1c1cn2c3c(cc(Cl)cc13)CCN(C(=O)N1CCCCC1)CC2. The number of imide groups is 1. The van der Waals surface area contributed by atoms with Crippen LogP contribution >= 0.6 is 11.6 Å². The summed E-state index contributed by atoms with van der Waals surface area (Å²) in [6.07, 6.45) is 9.28. The summed E-state index contributed by atoms with van der Waals surface area (Å²) in [6.45, 7) is 3.33. The number of carbonyl (C=O) groups is 3. The van der Waals surface area contributed by atoms with Gasteiger partial charge in [0.05, 0.1) is 28.6 Å². The van der Waals surface area contributed by atoms with Gasteiger partial charge in [0, 0.05) is 61.1 Å². The lowest BCUT2D eigenvalue weighted by atomic mass is 9.97. The van der Waals surface area contributed by atoms with Gasteiger partial charge in [-0.05, 0) is 55.5 Å². The lowest BCUT2D eigenvalue weighted by molar-refractivity contribution is -0.122. The van der Waals surface area contributed by atoms with Crippen molar-refractivity contribution in [2.75, 3.05) is 26.2 Å². The molecule has 4 aromatic rings. The number of rotatable bonds is 2. The highest BCUT2D eigenvalue weighted by Gasteiger charge is 2.36. The molecule has 1 fully saturated rings. The molecular weight excluding hydrogens is 516 g/mol. The van der Waals surface area contributed by atoms with Crippen LogP contribution in [-0.2, 0) is 22.6 Å². The topological polar surface area (TPSA) is 92.0 Å². The lowest BCUT2D eigenvalue weighted by Gasteiger charge is -2.34. The number of pyridine rings is 1. The van der Waals surface area contributed by atoms with E-state index in [-0.39, 0.29) is 11.6 Å². The fraction of sp³-hybridized carbons (Fsp3) is 0.310. The molecule has 0 unspecified atom stereocenters. The van der Waals surface area contributed by atoms with Crippen molar-refractivity contribution in [3.05, 3.63) is 70.8 Å². The third-order valence-corrected chi connectivity index (χ3v) is 8.27. The van der Waals surface area contributed by atoms with Crippen molar-refractivity contribution in [1.82, 2.24) is 29.1 Å². The molecule has 6 heterocycles. The number of likely N-dealkylation sites (tertiary alicyclic amines) is 1. The fourth-order valence-corrected chi connectivity index (χ4v) is 6.44. The maximum absolute atomic E-state index is 13.3. The van der Waals surface area contributed by atoms with E-state index in [0.717, 1.165) is 42.4 Å². The molecule has 0 saturated carbocycles. The van der Waals surface area contributed by atoms with Gasteiger partial charge in [0.25, 0.3) is 11.8 Å². The number of nitrogens with one attached hydrogen (secondary N) is 1. The highest BCUT2D eigenvalue weighted by molar-refractivity contribution is 6.50. The van der Waals surface area contributed by atoms with Crippen LogP contribution in [0.4, 0.5) is 4.79 Å². The van der Waals surface area contributed by atoms with Crippen molar-refractivity contribution in [2.45, 2.75) is 32.2 Å². The zero-order valence-corrected chi connectivity index (χ0v) is 22.1. The normalized spacial score (nSPS) is 18.2. The minimum Gasteiger partial charge on any atom is -0.345 e. The number of carbonyl (C=O) groups excluding carboxylic acids is 3. The Morgan fingerprint density at radius 1 is 0.923 bits per heavy atom. The molecule has 7 rings (SSSR count). The Morgan fingerprint density at radius 3 is 2.56 bits per heavy atom. The lowest BCUT2D eigenvalue weighted by Crippen LogP contribution is -2.47. The first-order chi connectivity index (χ1) is 19.0. The molecule has 198 valence electrons. The number of hydrogen-bond acceptors (Lipinski definition) is 4. The quantitative estimate of drug-likeness (QED) is 0.388. The first kappa shape index (κ1) is 24.0. The molecule has 0 aliphatic carbocycles. The zero-order valence-electron chi connectivity index (χ0n) is 21.3. The van der Waals surface area contributed by atoms with Gasteiger partial charge in [-0.25, -0.2) is 9.78 Å². The predicted molar refractivity (Wildman–Crippen MR) is 148 cm³/mol. The second-order valence-electron chi connectivity index (χ2n) is 10.4. The number of amides is 4. The third-order valence-electron chi connectivity index (χ3n) is 8.05. The number of benzene rings is 1. The number of urea groups is 1. The number of imidazole rings is 1. The van der Waals surface area contributed by atoms with Crippen LogP contribution in [0.3, 0.4) is 0 Å². The number of hydrogen-bond donors (Lipinski definition) is 1. The van der Waals surface area contributed by atoms with Gasteiger partial charge in [0.1, 0.15) is 5.65 Å². The monoisotopic (exact) mass is 542 g/mol. The van der Waals surface area contributed by atoms with Gasteiger partial charge >= 0.3 is 6.03 Å². The number of aromatic nitrogens is 3. The van der Waals surface area contributed by atoms with E-state index in [2.05, 4.69) is 14.9 Å². The second kappa shape index (κ2) is 9.27. The minimum absolute atomic E-state index is 0.0853. The number of nitrogens with zero attached hydrogens (tertiary/aromatic N) is 5. The molecule has 39 heavy (non-hydrogen) atoms. The summed E-state index contributed by atoms with van der Waals surface area (Å²) in [6, 6.07) is 9.47. The molecule has 3 aliphatic rings. The summed E-state index contributed by atoms with van der Waals surface area (Å²) in [5.41, 5.74) is 4.48. The highest BCUT2D eigenvalue weighted by atomic mass is 35.5. The Hall–Kier alpha value is -4.11. The molecule has 3 aromatic heterocycles. The van der Waals surface area contributed by atoms with E-state index < -0.39 is 11.8 Å². The first-order valence-electron chi connectivity index (χ1n) is 13.4. The van der Waals surface area contributed by atoms with Crippen LogP contribution in [0.1, 0.15) is 36.1 Å². The van der Waals surface area contributed by atoms with E-state index in [1.54, 1.807) is 6.20 Å². The summed E-state index contributed by atoms with van der Waals surface area (Å²) >= 11 is 6.61. The maximum Gasteiger partial charge on any atom is 0.320 e. The van der Waals surface area contributed by atoms with Gasteiger partial charge in [0.2, 0.25) is 0 Å². The van der Waals surface area contributed by atoms with Crippen LogP contribution < -0.4 is 5.32 Å². The fourth-order valence-electron chi connectivity index (χ4n) is 6.20. The molecule has 1 aromatic carbocycles. The van der Waals surface area contributed by atoms with Crippen molar-refractivity contribution in [2.24, 2.45) is 0 Å². The molecule has 10 heteroatoms. The van der Waals surface area contributed by atoms with Crippen LogP contribution in [0.2, 0.25) is 5.02 Å². The average molecular weight is 543 g/mol. The number of halogens is 1. The Kier molecular flexibility index (Phi) is 5.70. The van der Waals surface area contributed by atoms with Gasteiger partial charge < -0.3 is 14.4 Å². The number of fused-ring (bicyclic) bond motifs is 1. The molecule has 0 atom stereocenters. The Balaban J connectivity index is 1.35. The Labute approximate surface area is 229 Å². The smallest absolute Gasteiger partial charge is 0.320 e. The predicted octanol–water partition coefficient (Wildman–Crippen LogP) is 3.97. The van der Waals surface area contributed by atoms with E-state index in [0.29, 0.717) is 53.6 Å². The second-order valence-corrected chi connectivity index (χ2v) is 10.8. The molecule has 3 aliphatic heterocycles. The molecular formula is C29H27ClN6O3. The van der Waals surface area contributed by atoms with Crippen LogP contribution in [0.25, 0.3) is 27.7 Å². The Morgan fingerprint density at radius 2 is 1.72 bits per heavy atom. The van der Waals surface area contributed by atoms with Crippen molar-refractivity contribution in [1.29, 1.82) is 0 Å². The van der Waals surface area contributed by atoms with Gasteiger partial charge in [-0.3, -0.25) is 19.3 Å². The van der Waals surface area contributed by atoms with E-state index >= 15 is 0 Å². The summed E-state index contributed by atoms with van der Waals surface area (Å²) in [5, 5.41) is 3.86. The van der Waals surface area contributed by atoms with Gasteiger partial charge in [-0.2, -0.15) is 0 Å². The van der Waals surface area contributed by atoms with Crippen molar-refractivity contribution in [3.8, 4) is 0 Å². The summed E-state index contributed by atoms with van der Waals surface area (Å²) in [7, 11) is 0. The van der Waals surface area contributed by atoms with Crippen LogP contribution in [-0.4, -0.2) is 67.8 Å². The zero-order chi connectivity index (χ0) is 26.7. The van der Waals surface area contributed by atoms with E-state index in [4.69, 9.17) is 11.6 Å². The van der Waals surface area contributed by atoms with Crippen LogP contribution in [0.5, 0.6) is 0 Å². The molecule has 1 saturated heterocycles. The summed E-state index contributed by atoms with van der Waals surface area (Å²) in [4.78, 5) is 48.1. The highest BCUT2D eigenvalue weighted by Crippen LogP contribution is 2.39. The van der Waals surface area contributed by atoms with Gasteiger partial charge in [-0.1, -0.05) is 17.7 Å². The molecule has 0 radical (unpaired) electrons. The number of piperidine rings is 1. The van der Waals surface area contributed by atoms with Crippen molar-refractivity contribution in [3.63, 3.8) is 0 Å². The van der Waals surface area contributed by atoms with E-state index in [1.165, 1.54) is 6.42 Å². The molecule has 0 spiro atoms. The molecule has 1 N–H and O–H groups in total. The van der Waals surface area contributed by atoms with Crippen LogP contribution in [0, 0.1) is 0 Å². The van der Waals surface area contributed by atoms with Crippen LogP contribution in [0.15, 0.2) is 48.9 Å². The van der Waals surface area contributed by atoms with Crippen molar-refractivity contribution < 1.29 is 14.4 Å². The van der Waals surface area contributed by atoms with Gasteiger partial charge in [0.15, 0.2) is 0 Å². The average Bonchev–Trinajstić information content (AvgIpc) is 3.59.